The lowest BCUT2D eigenvalue weighted by Crippen LogP contribution is -2.36. The summed E-state index contributed by atoms with van der Waals surface area (Å²) in [6, 6.07) is 8.34. The maximum Gasteiger partial charge on any atom is 0.121 e. The van der Waals surface area contributed by atoms with Crippen LogP contribution in [0.4, 0.5) is 0 Å². The maximum absolute atomic E-state index is 11.0. The summed E-state index contributed by atoms with van der Waals surface area (Å²) >= 11 is 0. The van der Waals surface area contributed by atoms with Crippen molar-refractivity contribution < 1.29 is 20.4 Å². The van der Waals surface area contributed by atoms with Crippen molar-refractivity contribution in [2.75, 3.05) is 0 Å². The molecule has 0 radical (unpaired) electrons. The van der Waals surface area contributed by atoms with Crippen LogP contribution in [-0.4, -0.2) is 20.4 Å². The summed E-state index contributed by atoms with van der Waals surface area (Å²) in [5, 5.41) is 44.1. The van der Waals surface area contributed by atoms with Crippen molar-refractivity contribution in [3.05, 3.63) is 113 Å². The zero-order chi connectivity index (χ0) is 30.9. The zero-order valence-corrected chi connectivity index (χ0v) is 26.6. The van der Waals surface area contributed by atoms with Gasteiger partial charge in [0.2, 0.25) is 0 Å². The monoisotopic (exact) mass is 552 g/mol. The van der Waals surface area contributed by atoms with Crippen LogP contribution in [0.5, 0.6) is 23.0 Å². The Morgan fingerprint density at radius 1 is 0.317 bits per heavy atom. The Morgan fingerprint density at radius 3 is 0.659 bits per heavy atom. The number of aryl methyl sites for hydroxylation is 4. The van der Waals surface area contributed by atoms with E-state index in [1.54, 1.807) is 0 Å². The molecule has 4 aromatic carbocycles. The molecule has 0 aliphatic rings. The fraction of sp³-hybridized carbons (Fsp3) is 0.351. The molecule has 0 saturated heterocycles. The molecule has 0 heterocycles. The van der Waals surface area contributed by atoms with Gasteiger partial charge in [-0.2, -0.15) is 0 Å². The molecule has 0 bridgehead atoms. The highest BCUT2D eigenvalue weighted by Crippen LogP contribution is 2.54. The lowest BCUT2D eigenvalue weighted by Gasteiger charge is -2.43. The van der Waals surface area contributed by atoms with E-state index in [0.717, 1.165) is 89.0 Å². The summed E-state index contributed by atoms with van der Waals surface area (Å²) in [5.41, 5.74) is 13.3. The van der Waals surface area contributed by atoms with Crippen LogP contribution in [0.1, 0.15) is 89.0 Å². The van der Waals surface area contributed by atoms with Crippen LogP contribution < -0.4 is 0 Å². The van der Waals surface area contributed by atoms with Crippen LogP contribution >= 0.6 is 0 Å². The van der Waals surface area contributed by atoms with Gasteiger partial charge in [0, 0.05) is 0 Å². The van der Waals surface area contributed by atoms with Crippen LogP contribution in [0, 0.1) is 83.1 Å². The van der Waals surface area contributed by atoms with Crippen LogP contribution in [0.3, 0.4) is 0 Å². The topological polar surface area (TPSA) is 80.9 Å². The summed E-state index contributed by atoms with van der Waals surface area (Å²) in [6.45, 7) is 23.7. The highest BCUT2D eigenvalue weighted by molar-refractivity contribution is 5.72. The van der Waals surface area contributed by atoms with E-state index in [1.807, 2.05) is 55.4 Å². The lowest BCUT2D eigenvalue weighted by molar-refractivity contribution is 0.463. The zero-order valence-electron chi connectivity index (χ0n) is 26.6. The molecule has 4 rings (SSSR count). The summed E-state index contributed by atoms with van der Waals surface area (Å²) in [6.07, 6.45) is 0. The van der Waals surface area contributed by atoms with E-state index in [2.05, 4.69) is 52.0 Å². The van der Waals surface area contributed by atoms with Gasteiger partial charge in [0.05, 0.1) is 5.41 Å². The molecule has 0 unspecified atom stereocenters. The molecule has 0 spiro atoms. The minimum atomic E-state index is -0.915. The number of phenols is 4. The third-order valence-corrected chi connectivity index (χ3v) is 9.84. The highest BCUT2D eigenvalue weighted by atomic mass is 16.3. The molecule has 41 heavy (non-hydrogen) atoms. The molecule has 0 aliphatic heterocycles. The van der Waals surface area contributed by atoms with Crippen molar-refractivity contribution in [3.63, 3.8) is 0 Å². The fourth-order valence-electron chi connectivity index (χ4n) is 6.70. The first-order chi connectivity index (χ1) is 19.0. The van der Waals surface area contributed by atoms with Gasteiger partial charge < -0.3 is 20.4 Å². The van der Waals surface area contributed by atoms with E-state index in [1.165, 1.54) is 0 Å². The molecule has 4 heteroatoms. The fourth-order valence-corrected chi connectivity index (χ4v) is 6.70. The minimum absolute atomic E-state index is 0.277. The SMILES string of the molecule is Cc1cc(C(c2cc(C)c(O)c(C)c2C)(c2cc(C)c(O)c(C)c2C)c2cc(C)c(O)c(C)c2C)c(C)c(C)c1O. The second-order valence-electron chi connectivity index (χ2n) is 12.1. The maximum atomic E-state index is 11.0. The third kappa shape index (κ3) is 4.18. The number of aromatic hydroxyl groups is 4. The molecule has 216 valence electrons. The molecule has 0 saturated carbocycles. The summed E-state index contributed by atoms with van der Waals surface area (Å²) < 4.78 is 0. The van der Waals surface area contributed by atoms with Crippen LogP contribution in [0.2, 0.25) is 0 Å². The van der Waals surface area contributed by atoms with E-state index in [4.69, 9.17) is 0 Å². The van der Waals surface area contributed by atoms with Crippen molar-refractivity contribution in [2.45, 2.75) is 88.5 Å². The van der Waals surface area contributed by atoms with Gasteiger partial charge in [-0.05, 0) is 172 Å². The Hall–Kier alpha value is -3.92. The molecule has 0 aliphatic carbocycles. The van der Waals surface area contributed by atoms with Crippen molar-refractivity contribution >= 4 is 0 Å². The predicted molar refractivity (Wildman–Crippen MR) is 168 cm³/mol. The normalized spacial score (nSPS) is 11.8. The third-order valence-electron chi connectivity index (χ3n) is 9.84. The van der Waals surface area contributed by atoms with Gasteiger partial charge in [0.25, 0.3) is 0 Å². The van der Waals surface area contributed by atoms with Crippen molar-refractivity contribution in [1.82, 2.24) is 0 Å². The molecular weight excluding hydrogens is 508 g/mol. The average molecular weight is 553 g/mol. The van der Waals surface area contributed by atoms with Gasteiger partial charge in [-0.1, -0.05) is 24.3 Å². The molecule has 4 N–H and O–H groups in total. The van der Waals surface area contributed by atoms with Crippen LogP contribution in [-0.2, 0) is 5.41 Å². The first-order valence-corrected chi connectivity index (χ1v) is 14.2. The lowest BCUT2D eigenvalue weighted by atomic mass is 9.59. The molecule has 0 amide bonds. The van der Waals surface area contributed by atoms with Crippen LogP contribution in [0.15, 0.2) is 24.3 Å². The van der Waals surface area contributed by atoms with Gasteiger partial charge >= 0.3 is 0 Å². The predicted octanol–water partition coefficient (Wildman–Crippen LogP) is 8.59. The molecule has 4 nitrogen and oxygen atoms in total. The Morgan fingerprint density at radius 2 is 0.488 bits per heavy atom. The standard InChI is InChI=1S/C37H44O4/c1-17-13-29(21(5)25(9)33(17)38)37(30-14-18(2)34(39)26(10)22(30)6,31-15-19(3)35(40)27(11)23(31)7)32-16-20(4)36(41)28(12)24(32)8/h13-16,38-41H,1-12H3. The van der Waals surface area contributed by atoms with E-state index < -0.39 is 5.41 Å². The largest absolute Gasteiger partial charge is 0.507 e. The first-order valence-electron chi connectivity index (χ1n) is 14.2. The van der Waals surface area contributed by atoms with E-state index in [9.17, 15) is 20.4 Å². The number of hydrogen-bond donors (Lipinski definition) is 4. The number of benzene rings is 4. The van der Waals surface area contributed by atoms with E-state index in [0.29, 0.717) is 0 Å². The number of rotatable bonds is 4. The number of hydrogen-bond acceptors (Lipinski definition) is 4. The van der Waals surface area contributed by atoms with E-state index >= 15 is 0 Å². The molecular formula is C37H44O4. The summed E-state index contributed by atoms with van der Waals surface area (Å²) in [5.74, 6) is 1.11. The second kappa shape index (κ2) is 10.2. The summed E-state index contributed by atoms with van der Waals surface area (Å²) in [7, 11) is 0. The molecule has 0 fully saturated rings. The number of phenolic OH excluding ortho intramolecular Hbond substituents is 4. The van der Waals surface area contributed by atoms with Gasteiger partial charge in [-0.3, -0.25) is 0 Å². The molecule has 4 aromatic rings. The van der Waals surface area contributed by atoms with Crippen LogP contribution in [0.25, 0.3) is 0 Å². The smallest absolute Gasteiger partial charge is 0.121 e. The first kappa shape index (κ1) is 30.0. The molecule has 0 aromatic heterocycles. The highest BCUT2D eigenvalue weighted by Gasteiger charge is 2.45. The quantitative estimate of drug-likeness (QED) is 0.191. The molecule has 0 atom stereocenters. The summed E-state index contributed by atoms with van der Waals surface area (Å²) in [4.78, 5) is 0. The Kier molecular flexibility index (Phi) is 7.45. The average Bonchev–Trinajstić information content (AvgIpc) is 2.94. The van der Waals surface area contributed by atoms with Gasteiger partial charge in [0.1, 0.15) is 23.0 Å². The Labute approximate surface area is 245 Å². The van der Waals surface area contributed by atoms with Gasteiger partial charge in [-0.15, -0.1) is 0 Å². The Bertz CT molecular complexity index is 1480. The van der Waals surface area contributed by atoms with E-state index in [-0.39, 0.29) is 23.0 Å². The van der Waals surface area contributed by atoms with Crippen molar-refractivity contribution in [3.8, 4) is 23.0 Å². The second-order valence-corrected chi connectivity index (χ2v) is 12.1. The van der Waals surface area contributed by atoms with Gasteiger partial charge in [-0.25, -0.2) is 0 Å². The van der Waals surface area contributed by atoms with Crippen molar-refractivity contribution in [1.29, 1.82) is 0 Å². The van der Waals surface area contributed by atoms with Crippen molar-refractivity contribution in [2.24, 2.45) is 0 Å². The Balaban J connectivity index is 2.51. The van der Waals surface area contributed by atoms with Gasteiger partial charge in [0.15, 0.2) is 0 Å². The minimum Gasteiger partial charge on any atom is -0.507 e.